The van der Waals surface area contributed by atoms with Crippen LogP contribution < -0.4 is 5.73 Å². The van der Waals surface area contributed by atoms with Crippen molar-refractivity contribution in [3.8, 4) is 0 Å². The number of nitrogens with two attached hydrogens (primary N) is 1. The summed E-state index contributed by atoms with van der Waals surface area (Å²) in [5, 5.41) is 1.53. The monoisotopic (exact) mass is 290 g/mol. The summed E-state index contributed by atoms with van der Waals surface area (Å²) in [6.45, 7) is 0. The first-order chi connectivity index (χ1) is 9.22. The van der Waals surface area contributed by atoms with E-state index in [-0.39, 0.29) is 0 Å². The van der Waals surface area contributed by atoms with Gasteiger partial charge in [0.05, 0.1) is 16.1 Å². The molecule has 0 amide bonds. The molecule has 0 aliphatic carbocycles. The fraction of sp³-hybridized carbons (Fsp3) is 0.0769. The molecule has 0 aliphatic rings. The molecule has 0 fully saturated rings. The Hall–Kier alpha value is -1.72. The summed E-state index contributed by atoms with van der Waals surface area (Å²) in [5.74, 6) is 0.747. The van der Waals surface area contributed by atoms with Gasteiger partial charge in [-0.05, 0) is 29.8 Å². The summed E-state index contributed by atoms with van der Waals surface area (Å²) in [7, 11) is 0. The van der Waals surface area contributed by atoms with E-state index in [4.69, 9.17) is 17.3 Å². The smallest absolute Gasteiger partial charge is 0.166 e. The fourth-order valence-corrected chi connectivity index (χ4v) is 2.89. The normalized spacial score (nSPS) is 11.0. The molecular weight excluding hydrogens is 280 g/mol. The topological polar surface area (TPSA) is 67.6 Å². The molecule has 0 radical (unpaired) electrons. The number of rotatable bonds is 3. The van der Waals surface area contributed by atoms with Crippen LogP contribution in [0, 0.1) is 0 Å². The van der Waals surface area contributed by atoms with Crippen LogP contribution in [0.1, 0.15) is 5.56 Å². The summed E-state index contributed by atoms with van der Waals surface area (Å²) in [6.07, 6.45) is 3.39. The van der Waals surface area contributed by atoms with Crippen molar-refractivity contribution in [3.63, 3.8) is 0 Å². The summed E-state index contributed by atoms with van der Waals surface area (Å²) in [5.41, 5.74) is 9.37. The third-order valence-corrected chi connectivity index (χ3v) is 3.97. The average Bonchev–Trinajstić information content (AvgIpc) is 2.79. The molecule has 0 atom stereocenters. The van der Waals surface area contributed by atoms with E-state index in [9.17, 15) is 0 Å². The number of nitrogens with zero attached hydrogens (tertiary/aromatic N) is 2. The van der Waals surface area contributed by atoms with Gasteiger partial charge in [0.2, 0.25) is 0 Å². The Bertz CT molecular complexity index is 725. The van der Waals surface area contributed by atoms with Crippen LogP contribution in [-0.2, 0) is 5.75 Å². The zero-order valence-electron chi connectivity index (χ0n) is 9.93. The van der Waals surface area contributed by atoms with Gasteiger partial charge < -0.3 is 10.7 Å². The molecule has 0 saturated carbocycles. The molecular formula is C13H11ClN4S. The van der Waals surface area contributed by atoms with Gasteiger partial charge in [0.15, 0.2) is 5.16 Å². The van der Waals surface area contributed by atoms with Crippen LogP contribution in [0.15, 0.2) is 41.8 Å². The first-order valence-corrected chi connectivity index (χ1v) is 7.05. The predicted molar refractivity (Wildman–Crippen MR) is 79.3 cm³/mol. The van der Waals surface area contributed by atoms with Crippen molar-refractivity contribution >= 4 is 40.1 Å². The van der Waals surface area contributed by atoms with E-state index < -0.39 is 0 Å². The van der Waals surface area contributed by atoms with Gasteiger partial charge in [-0.25, -0.2) is 4.98 Å². The number of anilines is 1. The van der Waals surface area contributed by atoms with E-state index in [0.29, 0.717) is 5.02 Å². The van der Waals surface area contributed by atoms with Crippen molar-refractivity contribution in [2.75, 3.05) is 5.73 Å². The fourth-order valence-electron chi connectivity index (χ4n) is 1.74. The zero-order valence-corrected chi connectivity index (χ0v) is 11.5. The highest BCUT2D eigenvalue weighted by atomic mass is 35.5. The van der Waals surface area contributed by atoms with Crippen LogP contribution in [0.5, 0.6) is 0 Å². The van der Waals surface area contributed by atoms with Crippen LogP contribution in [0.25, 0.3) is 11.0 Å². The van der Waals surface area contributed by atoms with Crippen LogP contribution in [0.2, 0.25) is 5.02 Å². The number of nitrogen functional groups attached to an aromatic ring is 1. The van der Waals surface area contributed by atoms with E-state index in [1.807, 2.05) is 24.3 Å². The van der Waals surface area contributed by atoms with Crippen LogP contribution in [-0.4, -0.2) is 15.0 Å². The lowest BCUT2D eigenvalue weighted by atomic mass is 10.3. The largest absolute Gasteiger partial charge is 0.399 e. The Labute approximate surface area is 119 Å². The summed E-state index contributed by atoms with van der Waals surface area (Å²) in [4.78, 5) is 11.7. The number of thioether (sulfide) groups is 1. The van der Waals surface area contributed by atoms with E-state index in [1.54, 1.807) is 24.2 Å². The lowest BCUT2D eigenvalue weighted by Gasteiger charge is -2.00. The number of H-pyrrole nitrogens is 1. The Morgan fingerprint density at radius 2 is 2.21 bits per heavy atom. The number of nitrogens with one attached hydrogen (secondary N) is 1. The van der Waals surface area contributed by atoms with Gasteiger partial charge in [-0.1, -0.05) is 23.4 Å². The third kappa shape index (κ3) is 2.67. The first-order valence-electron chi connectivity index (χ1n) is 5.69. The highest BCUT2D eigenvalue weighted by Crippen LogP contribution is 2.26. The average molecular weight is 291 g/mol. The summed E-state index contributed by atoms with van der Waals surface area (Å²) < 4.78 is 0. The number of hydrogen-bond donors (Lipinski definition) is 2. The molecule has 6 heteroatoms. The van der Waals surface area contributed by atoms with Gasteiger partial charge in [-0.3, -0.25) is 4.98 Å². The number of pyridine rings is 1. The maximum Gasteiger partial charge on any atom is 0.166 e. The van der Waals surface area contributed by atoms with E-state index in [2.05, 4.69) is 15.0 Å². The van der Waals surface area contributed by atoms with Crippen molar-refractivity contribution in [1.29, 1.82) is 0 Å². The van der Waals surface area contributed by atoms with Crippen LogP contribution in [0.4, 0.5) is 5.69 Å². The maximum atomic E-state index is 6.07. The van der Waals surface area contributed by atoms with Crippen molar-refractivity contribution in [2.24, 2.45) is 0 Å². The van der Waals surface area contributed by atoms with Crippen molar-refractivity contribution in [3.05, 3.63) is 47.2 Å². The minimum Gasteiger partial charge on any atom is -0.399 e. The SMILES string of the molecule is Nc1ccc2nc(SCc3ccncc3Cl)[nH]c2c1. The maximum absolute atomic E-state index is 6.07. The van der Waals surface area contributed by atoms with Crippen molar-refractivity contribution in [1.82, 2.24) is 15.0 Å². The van der Waals surface area contributed by atoms with Gasteiger partial charge in [0.25, 0.3) is 0 Å². The number of halogens is 1. The number of aromatic amines is 1. The number of aromatic nitrogens is 3. The number of fused-ring (bicyclic) bond motifs is 1. The predicted octanol–water partition coefficient (Wildman–Crippen LogP) is 3.49. The van der Waals surface area contributed by atoms with Crippen LogP contribution in [0.3, 0.4) is 0 Å². The third-order valence-electron chi connectivity index (χ3n) is 2.71. The highest BCUT2D eigenvalue weighted by molar-refractivity contribution is 7.98. The minimum atomic E-state index is 0.676. The molecule has 3 rings (SSSR count). The number of imidazole rings is 1. The lowest BCUT2D eigenvalue weighted by Crippen LogP contribution is -1.84. The Balaban J connectivity index is 1.80. The Morgan fingerprint density at radius 3 is 3.05 bits per heavy atom. The first kappa shape index (κ1) is 12.3. The second-order valence-corrected chi connectivity index (χ2v) is 5.45. The van der Waals surface area contributed by atoms with E-state index in [0.717, 1.165) is 33.2 Å². The zero-order chi connectivity index (χ0) is 13.2. The molecule has 4 nitrogen and oxygen atoms in total. The van der Waals surface area contributed by atoms with Gasteiger partial charge in [-0.2, -0.15) is 0 Å². The Kier molecular flexibility index (Phi) is 3.31. The summed E-state index contributed by atoms with van der Waals surface area (Å²) >= 11 is 7.67. The van der Waals surface area contributed by atoms with E-state index in [1.165, 1.54) is 0 Å². The van der Waals surface area contributed by atoms with Gasteiger partial charge in [0.1, 0.15) is 0 Å². The molecule has 2 aromatic heterocycles. The molecule has 19 heavy (non-hydrogen) atoms. The molecule has 3 aromatic rings. The lowest BCUT2D eigenvalue weighted by molar-refractivity contribution is 1.08. The van der Waals surface area contributed by atoms with Gasteiger partial charge >= 0.3 is 0 Å². The molecule has 0 unspecified atom stereocenters. The van der Waals surface area contributed by atoms with Gasteiger partial charge in [-0.15, -0.1) is 0 Å². The quantitative estimate of drug-likeness (QED) is 0.572. The molecule has 96 valence electrons. The van der Waals surface area contributed by atoms with Crippen molar-refractivity contribution in [2.45, 2.75) is 10.9 Å². The molecule has 1 aromatic carbocycles. The molecule has 0 aliphatic heterocycles. The number of hydrogen-bond acceptors (Lipinski definition) is 4. The molecule has 2 heterocycles. The Morgan fingerprint density at radius 1 is 1.32 bits per heavy atom. The molecule has 0 spiro atoms. The number of benzene rings is 1. The van der Waals surface area contributed by atoms with Gasteiger partial charge in [0, 0.05) is 23.8 Å². The van der Waals surface area contributed by atoms with E-state index >= 15 is 0 Å². The highest BCUT2D eigenvalue weighted by Gasteiger charge is 2.06. The standard InChI is InChI=1S/C13H11ClN4S/c14-10-6-16-4-3-8(10)7-19-13-17-11-2-1-9(15)5-12(11)18-13/h1-6H,7,15H2,(H,17,18). The van der Waals surface area contributed by atoms with Crippen molar-refractivity contribution < 1.29 is 0 Å². The second-order valence-electron chi connectivity index (χ2n) is 4.07. The molecule has 3 N–H and O–H groups in total. The summed E-state index contributed by atoms with van der Waals surface area (Å²) in [6, 6.07) is 7.55. The molecule has 0 bridgehead atoms. The minimum absolute atomic E-state index is 0.676. The van der Waals surface area contributed by atoms with Crippen LogP contribution >= 0.6 is 23.4 Å². The molecule has 0 saturated heterocycles. The second kappa shape index (κ2) is 5.11.